The molecule has 0 saturated carbocycles. The number of hydrogen-bond acceptors (Lipinski definition) is 7. The Bertz CT molecular complexity index is 861. The number of carbonyl (C=O) groups excluding carboxylic acids is 1. The maximum absolute atomic E-state index is 12.0. The van der Waals surface area contributed by atoms with E-state index >= 15 is 0 Å². The van der Waals surface area contributed by atoms with Crippen LogP contribution in [0.3, 0.4) is 0 Å². The number of carbonyl (C=O) groups is 1. The van der Waals surface area contributed by atoms with Crippen molar-refractivity contribution in [3.63, 3.8) is 0 Å². The summed E-state index contributed by atoms with van der Waals surface area (Å²) >= 11 is 8.96. The molecule has 0 atom stereocenters. The Morgan fingerprint density at radius 2 is 2.09 bits per heavy atom. The third-order valence-corrected chi connectivity index (χ3v) is 3.47. The van der Waals surface area contributed by atoms with Gasteiger partial charge in [-0.05, 0) is 46.3 Å². The molecule has 3 aromatic rings. The van der Waals surface area contributed by atoms with Crippen LogP contribution in [0.15, 0.2) is 43.8 Å². The number of ether oxygens (including phenoxy) is 1. The number of aromatic nitrogens is 2. The SMILES string of the molecule is Nc1cc(Cl)ccc1C(=O)OCc1nnc(-c2ccc(Br)o2)o1. The highest BCUT2D eigenvalue weighted by atomic mass is 79.9. The Balaban J connectivity index is 1.66. The molecule has 0 aliphatic heterocycles. The second-order valence-corrected chi connectivity index (χ2v) is 5.63. The molecule has 3 rings (SSSR count). The van der Waals surface area contributed by atoms with Crippen molar-refractivity contribution in [3.05, 3.63) is 51.5 Å². The van der Waals surface area contributed by atoms with Crippen molar-refractivity contribution in [2.24, 2.45) is 0 Å². The standard InChI is InChI=1S/C14H9BrClN3O4/c15-11-4-3-10(22-11)13-19-18-12(23-13)6-21-14(20)8-2-1-7(16)5-9(8)17/h1-5H,6,17H2. The van der Waals surface area contributed by atoms with E-state index in [0.717, 1.165) is 0 Å². The number of hydrogen-bond donors (Lipinski definition) is 1. The van der Waals surface area contributed by atoms with Crippen LogP contribution in [0.5, 0.6) is 0 Å². The Morgan fingerprint density at radius 1 is 1.26 bits per heavy atom. The number of nitrogens with two attached hydrogens (primary N) is 1. The predicted octanol–water partition coefficient (Wildman–Crippen LogP) is 3.68. The molecule has 118 valence electrons. The zero-order valence-corrected chi connectivity index (χ0v) is 13.8. The maximum atomic E-state index is 12.0. The van der Waals surface area contributed by atoms with Crippen LogP contribution < -0.4 is 5.73 Å². The van der Waals surface area contributed by atoms with Gasteiger partial charge in [-0.1, -0.05) is 11.6 Å². The molecule has 7 nitrogen and oxygen atoms in total. The van der Waals surface area contributed by atoms with E-state index < -0.39 is 5.97 Å². The molecule has 2 aromatic heterocycles. The number of benzene rings is 1. The van der Waals surface area contributed by atoms with Gasteiger partial charge in [-0.15, -0.1) is 10.2 Å². The first kappa shape index (κ1) is 15.6. The molecule has 23 heavy (non-hydrogen) atoms. The Morgan fingerprint density at radius 3 is 2.78 bits per heavy atom. The third kappa shape index (κ3) is 3.54. The molecule has 0 saturated heterocycles. The summed E-state index contributed by atoms with van der Waals surface area (Å²) < 4.78 is 16.3. The lowest BCUT2D eigenvalue weighted by atomic mass is 10.2. The highest BCUT2D eigenvalue weighted by Gasteiger charge is 2.16. The summed E-state index contributed by atoms with van der Waals surface area (Å²) in [6.07, 6.45) is 0. The van der Waals surface area contributed by atoms with E-state index in [1.807, 2.05) is 0 Å². The van der Waals surface area contributed by atoms with Gasteiger partial charge in [-0.3, -0.25) is 0 Å². The molecular formula is C14H9BrClN3O4. The molecule has 1 aromatic carbocycles. The lowest BCUT2D eigenvalue weighted by molar-refractivity contribution is 0.0440. The van der Waals surface area contributed by atoms with Gasteiger partial charge in [0.1, 0.15) is 0 Å². The molecule has 0 bridgehead atoms. The summed E-state index contributed by atoms with van der Waals surface area (Å²) in [5.41, 5.74) is 6.16. The van der Waals surface area contributed by atoms with Gasteiger partial charge in [0.15, 0.2) is 17.0 Å². The number of nitrogen functional groups attached to an aromatic ring is 1. The normalized spacial score (nSPS) is 10.7. The van der Waals surface area contributed by atoms with Gasteiger partial charge in [-0.2, -0.15) is 0 Å². The van der Waals surface area contributed by atoms with Crippen LogP contribution in [-0.4, -0.2) is 16.2 Å². The Kier molecular flexibility index (Phi) is 4.35. The van der Waals surface area contributed by atoms with E-state index in [4.69, 9.17) is 30.9 Å². The number of rotatable bonds is 4. The largest absolute Gasteiger partial charge is 0.452 e. The predicted molar refractivity (Wildman–Crippen MR) is 84.7 cm³/mol. The number of esters is 1. The van der Waals surface area contributed by atoms with Gasteiger partial charge in [0.25, 0.3) is 11.8 Å². The second-order valence-electron chi connectivity index (χ2n) is 4.41. The van der Waals surface area contributed by atoms with Crippen LogP contribution >= 0.6 is 27.5 Å². The van der Waals surface area contributed by atoms with E-state index in [1.165, 1.54) is 12.1 Å². The Hall–Kier alpha value is -2.32. The minimum absolute atomic E-state index is 0.133. The summed E-state index contributed by atoms with van der Waals surface area (Å²) in [5.74, 6) is 0.115. The van der Waals surface area contributed by atoms with Gasteiger partial charge < -0.3 is 19.3 Å². The van der Waals surface area contributed by atoms with Crippen molar-refractivity contribution in [2.75, 3.05) is 5.73 Å². The molecule has 0 amide bonds. The molecule has 0 aliphatic rings. The van der Waals surface area contributed by atoms with Crippen molar-refractivity contribution >= 4 is 39.2 Å². The second kappa shape index (κ2) is 6.43. The molecule has 0 spiro atoms. The van der Waals surface area contributed by atoms with Crippen LogP contribution in [-0.2, 0) is 11.3 Å². The highest BCUT2D eigenvalue weighted by molar-refractivity contribution is 9.10. The molecule has 0 aliphatic carbocycles. The first-order valence-electron chi connectivity index (χ1n) is 6.33. The number of nitrogens with zero attached hydrogens (tertiary/aromatic N) is 2. The number of halogens is 2. The van der Waals surface area contributed by atoms with Crippen LogP contribution in [0, 0.1) is 0 Å². The lowest BCUT2D eigenvalue weighted by Gasteiger charge is -2.05. The monoisotopic (exact) mass is 397 g/mol. The fourth-order valence-electron chi connectivity index (χ4n) is 1.77. The van der Waals surface area contributed by atoms with Crippen molar-refractivity contribution < 1.29 is 18.4 Å². The van der Waals surface area contributed by atoms with Gasteiger partial charge in [-0.25, -0.2) is 4.79 Å². The molecule has 0 radical (unpaired) electrons. The first-order chi connectivity index (χ1) is 11.0. The maximum Gasteiger partial charge on any atom is 0.340 e. The highest BCUT2D eigenvalue weighted by Crippen LogP contribution is 2.24. The molecule has 2 N–H and O–H groups in total. The molecule has 9 heteroatoms. The number of furan rings is 1. The van der Waals surface area contributed by atoms with Gasteiger partial charge in [0.05, 0.1) is 5.56 Å². The van der Waals surface area contributed by atoms with E-state index in [0.29, 0.717) is 15.5 Å². The lowest BCUT2D eigenvalue weighted by Crippen LogP contribution is -2.08. The van der Waals surface area contributed by atoms with Gasteiger partial charge in [0.2, 0.25) is 0 Å². The average molecular weight is 399 g/mol. The van der Waals surface area contributed by atoms with Crippen LogP contribution in [0.4, 0.5) is 5.69 Å². The fourth-order valence-corrected chi connectivity index (χ4v) is 2.25. The molecule has 2 heterocycles. The summed E-state index contributed by atoms with van der Waals surface area (Å²) in [4.78, 5) is 12.0. The number of anilines is 1. The minimum atomic E-state index is -0.611. The van der Waals surface area contributed by atoms with E-state index in [-0.39, 0.29) is 29.6 Å². The fraction of sp³-hybridized carbons (Fsp3) is 0.0714. The van der Waals surface area contributed by atoms with Crippen molar-refractivity contribution in [3.8, 4) is 11.7 Å². The van der Waals surface area contributed by atoms with Gasteiger partial charge in [0, 0.05) is 10.7 Å². The smallest absolute Gasteiger partial charge is 0.340 e. The van der Waals surface area contributed by atoms with Crippen LogP contribution in [0.2, 0.25) is 5.02 Å². The molecular weight excluding hydrogens is 390 g/mol. The topological polar surface area (TPSA) is 104 Å². The average Bonchev–Trinajstić information content (AvgIpc) is 3.13. The zero-order valence-electron chi connectivity index (χ0n) is 11.5. The van der Waals surface area contributed by atoms with E-state index in [2.05, 4.69) is 26.1 Å². The quantitative estimate of drug-likeness (QED) is 0.528. The molecule has 0 unspecified atom stereocenters. The van der Waals surface area contributed by atoms with Gasteiger partial charge >= 0.3 is 5.97 Å². The molecule has 0 fully saturated rings. The van der Waals surface area contributed by atoms with Crippen LogP contribution in [0.25, 0.3) is 11.7 Å². The summed E-state index contributed by atoms with van der Waals surface area (Å²) in [7, 11) is 0. The van der Waals surface area contributed by atoms with Crippen molar-refractivity contribution in [1.82, 2.24) is 10.2 Å². The minimum Gasteiger partial charge on any atom is -0.452 e. The Labute approximate surface area is 143 Å². The third-order valence-electron chi connectivity index (χ3n) is 2.81. The zero-order chi connectivity index (χ0) is 16.4. The first-order valence-corrected chi connectivity index (χ1v) is 7.50. The van der Waals surface area contributed by atoms with Crippen molar-refractivity contribution in [2.45, 2.75) is 6.61 Å². The van der Waals surface area contributed by atoms with E-state index in [9.17, 15) is 4.79 Å². The van der Waals surface area contributed by atoms with Crippen molar-refractivity contribution in [1.29, 1.82) is 0 Å². The van der Waals surface area contributed by atoms with Crippen LogP contribution in [0.1, 0.15) is 16.2 Å². The van der Waals surface area contributed by atoms with E-state index in [1.54, 1.807) is 18.2 Å². The summed E-state index contributed by atoms with van der Waals surface area (Å²) in [5, 5.41) is 8.03. The summed E-state index contributed by atoms with van der Waals surface area (Å²) in [6, 6.07) is 7.87. The summed E-state index contributed by atoms with van der Waals surface area (Å²) in [6.45, 7) is -0.185.